The summed E-state index contributed by atoms with van der Waals surface area (Å²) in [5.74, 6) is -0.418. The summed E-state index contributed by atoms with van der Waals surface area (Å²) >= 11 is 0. The van der Waals surface area contributed by atoms with E-state index in [0.29, 0.717) is 41.1 Å². The van der Waals surface area contributed by atoms with Crippen LogP contribution < -0.4 is 15.4 Å². The highest BCUT2D eigenvalue weighted by Crippen LogP contribution is 2.28. The lowest BCUT2D eigenvalue weighted by Gasteiger charge is -2.27. The van der Waals surface area contributed by atoms with Crippen LogP contribution in [0.4, 0.5) is 5.69 Å². The number of ether oxygens (including phenoxy) is 1. The Morgan fingerprint density at radius 2 is 1.62 bits per heavy atom. The highest BCUT2D eigenvalue weighted by atomic mass is 35.5. The maximum Gasteiger partial charge on any atom is 0.325 e. The zero-order valence-corrected chi connectivity index (χ0v) is 29.7. The van der Waals surface area contributed by atoms with E-state index in [1.165, 1.54) is 4.31 Å². The van der Waals surface area contributed by atoms with Gasteiger partial charge in [-0.15, -0.1) is 24.8 Å². The maximum absolute atomic E-state index is 13.9. The van der Waals surface area contributed by atoms with Crippen LogP contribution in [0.15, 0.2) is 77.7 Å². The van der Waals surface area contributed by atoms with Crippen LogP contribution in [-0.4, -0.2) is 79.9 Å². The van der Waals surface area contributed by atoms with E-state index in [9.17, 15) is 18.0 Å². The molecule has 4 aromatic rings. The fourth-order valence-corrected chi connectivity index (χ4v) is 6.55. The van der Waals surface area contributed by atoms with Gasteiger partial charge in [-0.05, 0) is 55.9 Å². The van der Waals surface area contributed by atoms with Crippen LogP contribution in [0.25, 0.3) is 11.0 Å². The first kappa shape index (κ1) is 40.0. The molecule has 260 valence electrons. The van der Waals surface area contributed by atoms with Gasteiger partial charge in [0.1, 0.15) is 24.7 Å². The van der Waals surface area contributed by atoms with E-state index in [1.807, 2.05) is 26.0 Å². The van der Waals surface area contributed by atoms with Crippen molar-refractivity contribution in [1.82, 2.24) is 19.8 Å². The Labute approximate surface area is 294 Å². The van der Waals surface area contributed by atoms with Gasteiger partial charge >= 0.3 is 5.97 Å². The zero-order chi connectivity index (χ0) is 33.3. The number of hydrogen-bond acceptors (Lipinski definition) is 8. The molecule has 1 amide bonds. The number of esters is 1. The highest BCUT2D eigenvalue weighted by molar-refractivity contribution is 7.92. The molecular weight excluding hydrogens is 677 g/mol. The number of amidine groups is 1. The van der Waals surface area contributed by atoms with Gasteiger partial charge in [0, 0.05) is 25.1 Å². The standard InChI is InChI=1S/C33H41N7O5S.2ClH/c1-4-38(5-2)18-19-40(46(43,44)27-10-8-7-9-11-27)26-16-17-29-28(21-26)37-30(20-24-12-14-25(15-13-24)33(34)35)39(29)23-31(41)36-22-32(42)45-6-3;;/h7-17,21H,4-6,18-20,22-23H2,1-3H3,(H3,34,35)(H,36,41);2*1H. The van der Waals surface area contributed by atoms with Crippen LogP contribution >= 0.6 is 24.8 Å². The van der Waals surface area contributed by atoms with Gasteiger partial charge in [0.2, 0.25) is 5.91 Å². The quantitative estimate of drug-likeness (QED) is 0.0890. The number of rotatable bonds is 16. The number of anilines is 1. The molecule has 0 unspecified atom stereocenters. The van der Waals surface area contributed by atoms with E-state index in [0.717, 1.165) is 18.7 Å². The Kier molecular flexibility index (Phi) is 15.3. The second kappa shape index (κ2) is 18.4. The number of amides is 1. The molecule has 15 heteroatoms. The van der Waals surface area contributed by atoms with E-state index < -0.39 is 21.9 Å². The number of halogens is 2. The minimum absolute atomic E-state index is 0. The Balaban J connectivity index is 0.00000400. The van der Waals surface area contributed by atoms with Gasteiger partial charge in [-0.25, -0.2) is 13.4 Å². The van der Waals surface area contributed by atoms with Crippen molar-refractivity contribution in [3.63, 3.8) is 0 Å². The summed E-state index contributed by atoms with van der Waals surface area (Å²) in [5, 5.41) is 10.3. The summed E-state index contributed by atoms with van der Waals surface area (Å²) in [5.41, 5.74) is 8.68. The molecule has 12 nitrogen and oxygen atoms in total. The van der Waals surface area contributed by atoms with Crippen molar-refractivity contribution in [2.24, 2.45) is 5.73 Å². The number of carbonyl (C=O) groups excluding carboxylic acids is 2. The van der Waals surface area contributed by atoms with Crippen molar-refractivity contribution >= 4 is 69.3 Å². The Bertz CT molecular complexity index is 1780. The molecule has 0 radical (unpaired) electrons. The van der Waals surface area contributed by atoms with Crippen molar-refractivity contribution < 1.29 is 22.7 Å². The van der Waals surface area contributed by atoms with Gasteiger partial charge in [0.05, 0.1) is 28.2 Å². The third-order valence-corrected chi connectivity index (χ3v) is 9.45. The van der Waals surface area contributed by atoms with Gasteiger partial charge in [-0.1, -0.05) is 56.3 Å². The van der Waals surface area contributed by atoms with Crippen molar-refractivity contribution in [2.75, 3.05) is 43.6 Å². The SMILES string of the molecule is CCOC(=O)CNC(=O)Cn1c(Cc2ccc(C(=N)N)cc2)nc2cc(N(CCN(CC)CC)S(=O)(=O)c3ccccc3)ccc21.Cl.Cl. The summed E-state index contributed by atoms with van der Waals surface area (Å²) in [7, 11) is -3.90. The molecule has 0 aliphatic carbocycles. The summed E-state index contributed by atoms with van der Waals surface area (Å²) in [6.07, 6.45) is 0.349. The molecule has 1 aromatic heterocycles. The number of nitrogens with one attached hydrogen (secondary N) is 2. The van der Waals surface area contributed by atoms with E-state index in [1.54, 1.807) is 72.2 Å². The molecule has 0 aliphatic rings. The molecule has 0 atom stereocenters. The van der Waals surface area contributed by atoms with Gasteiger partial charge in [0.25, 0.3) is 10.0 Å². The predicted octanol–water partition coefficient (Wildman–Crippen LogP) is 3.97. The third-order valence-electron chi connectivity index (χ3n) is 7.61. The van der Waals surface area contributed by atoms with Crippen LogP contribution in [0, 0.1) is 5.41 Å². The number of aromatic nitrogens is 2. The molecule has 0 saturated carbocycles. The number of fused-ring (bicyclic) bond motifs is 1. The summed E-state index contributed by atoms with van der Waals surface area (Å²) in [6, 6.07) is 20.7. The largest absolute Gasteiger partial charge is 0.465 e. The fraction of sp³-hybridized carbons (Fsp3) is 0.333. The summed E-state index contributed by atoms with van der Waals surface area (Å²) < 4.78 is 35.9. The second-order valence-corrected chi connectivity index (χ2v) is 12.4. The van der Waals surface area contributed by atoms with Crippen LogP contribution in [-0.2, 0) is 37.3 Å². The average molecular weight is 721 g/mol. The van der Waals surface area contributed by atoms with Crippen LogP contribution in [0.3, 0.4) is 0 Å². The molecule has 0 spiro atoms. The Morgan fingerprint density at radius 1 is 0.958 bits per heavy atom. The normalized spacial score (nSPS) is 11.0. The Hall–Kier alpha value is -4.17. The molecule has 4 rings (SSSR count). The maximum atomic E-state index is 13.9. The van der Waals surface area contributed by atoms with Crippen molar-refractivity contribution in [1.29, 1.82) is 5.41 Å². The van der Waals surface area contributed by atoms with Crippen LogP contribution in [0.5, 0.6) is 0 Å². The number of nitrogens with two attached hydrogens (primary N) is 1. The number of likely N-dealkylation sites (N-methyl/N-ethyl adjacent to an activating group) is 1. The van der Waals surface area contributed by atoms with Gasteiger partial charge in [-0.3, -0.25) is 19.3 Å². The highest BCUT2D eigenvalue weighted by Gasteiger charge is 2.26. The number of hydrogen-bond donors (Lipinski definition) is 3. The molecular formula is C33H43Cl2N7O5S. The summed E-state index contributed by atoms with van der Waals surface area (Å²) in [6.45, 7) is 7.94. The number of imidazole rings is 1. The molecule has 0 fully saturated rings. The molecule has 0 bridgehead atoms. The first-order chi connectivity index (χ1) is 22.1. The first-order valence-electron chi connectivity index (χ1n) is 15.2. The molecule has 1 heterocycles. The lowest BCUT2D eigenvalue weighted by molar-refractivity contribution is -0.143. The van der Waals surface area contributed by atoms with Crippen molar-refractivity contribution in [3.05, 3.63) is 89.7 Å². The predicted molar refractivity (Wildman–Crippen MR) is 193 cm³/mol. The molecule has 48 heavy (non-hydrogen) atoms. The second-order valence-electron chi connectivity index (χ2n) is 10.6. The Morgan fingerprint density at radius 3 is 2.23 bits per heavy atom. The van der Waals surface area contributed by atoms with Crippen LogP contribution in [0.2, 0.25) is 0 Å². The monoisotopic (exact) mass is 719 g/mol. The number of nitrogen functional groups attached to an aromatic ring is 1. The van der Waals surface area contributed by atoms with E-state index in [-0.39, 0.29) is 61.8 Å². The molecule has 4 N–H and O–H groups in total. The number of nitrogens with zero attached hydrogens (tertiary/aromatic N) is 4. The van der Waals surface area contributed by atoms with Crippen molar-refractivity contribution in [2.45, 2.75) is 38.6 Å². The van der Waals surface area contributed by atoms with Crippen LogP contribution in [0.1, 0.15) is 37.7 Å². The molecule has 3 aromatic carbocycles. The first-order valence-corrected chi connectivity index (χ1v) is 16.7. The minimum Gasteiger partial charge on any atom is -0.465 e. The van der Waals surface area contributed by atoms with Gasteiger partial charge < -0.3 is 25.3 Å². The van der Waals surface area contributed by atoms with E-state index in [4.69, 9.17) is 20.9 Å². The summed E-state index contributed by atoms with van der Waals surface area (Å²) in [4.78, 5) is 32.0. The van der Waals surface area contributed by atoms with Gasteiger partial charge in [0.15, 0.2) is 0 Å². The third kappa shape index (κ3) is 9.92. The number of benzene rings is 3. The van der Waals surface area contributed by atoms with Gasteiger partial charge in [-0.2, -0.15) is 0 Å². The number of sulfonamides is 1. The molecule has 0 saturated heterocycles. The van der Waals surface area contributed by atoms with E-state index >= 15 is 0 Å². The minimum atomic E-state index is -3.90. The smallest absolute Gasteiger partial charge is 0.325 e. The van der Waals surface area contributed by atoms with Crippen molar-refractivity contribution in [3.8, 4) is 0 Å². The van der Waals surface area contributed by atoms with E-state index in [2.05, 4.69) is 10.2 Å². The zero-order valence-electron chi connectivity index (χ0n) is 27.2. The topological polar surface area (TPSA) is 164 Å². The average Bonchev–Trinajstić information content (AvgIpc) is 3.38. The molecule has 0 aliphatic heterocycles. The lowest BCUT2D eigenvalue weighted by atomic mass is 10.1. The lowest BCUT2D eigenvalue weighted by Crippen LogP contribution is -2.38. The fourth-order valence-electron chi connectivity index (χ4n) is 5.08. The number of carbonyl (C=O) groups is 2.